The molecule has 0 bridgehead atoms. The zero-order chi connectivity index (χ0) is 15.6. The lowest BCUT2D eigenvalue weighted by Crippen LogP contribution is -2.26. The highest BCUT2D eigenvalue weighted by atomic mass is 32.2. The first kappa shape index (κ1) is 15.7. The second-order valence-electron chi connectivity index (χ2n) is 4.71. The van der Waals surface area contributed by atoms with Crippen molar-refractivity contribution < 1.29 is 18.3 Å². The van der Waals surface area contributed by atoms with Gasteiger partial charge in [-0.25, -0.2) is 17.9 Å². The van der Waals surface area contributed by atoms with E-state index in [0.717, 1.165) is 28.5 Å². The molecule has 7 heteroatoms. The molecule has 0 aliphatic carbocycles. The second kappa shape index (κ2) is 5.97. The SMILES string of the molecule is Cc1ccc([C@@H](C)NS(=O)(=O)c2cc(C(=O)O)cs2)cc1. The molecule has 0 fully saturated rings. The van der Waals surface area contributed by atoms with E-state index in [1.807, 2.05) is 31.2 Å². The summed E-state index contributed by atoms with van der Waals surface area (Å²) in [6.07, 6.45) is 0. The molecule has 0 saturated heterocycles. The van der Waals surface area contributed by atoms with Crippen molar-refractivity contribution in [2.45, 2.75) is 24.1 Å². The Morgan fingerprint density at radius 2 is 1.90 bits per heavy atom. The molecular weight excluding hydrogens is 310 g/mol. The van der Waals surface area contributed by atoms with Gasteiger partial charge >= 0.3 is 5.97 Å². The maximum absolute atomic E-state index is 12.2. The van der Waals surface area contributed by atoms with Gasteiger partial charge in [-0.05, 0) is 25.5 Å². The van der Waals surface area contributed by atoms with E-state index in [-0.39, 0.29) is 9.77 Å². The molecule has 112 valence electrons. The Balaban J connectivity index is 2.20. The lowest BCUT2D eigenvalue weighted by atomic mass is 10.1. The predicted octanol–water partition coefficient (Wildman–Crippen LogP) is 2.79. The molecule has 5 nitrogen and oxygen atoms in total. The first-order valence-corrected chi connectivity index (χ1v) is 8.56. The van der Waals surface area contributed by atoms with E-state index in [2.05, 4.69) is 4.72 Å². The fourth-order valence-corrected chi connectivity index (χ4v) is 4.19. The van der Waals surface area contributed by atoms with Gasteiger partial charge in [0.15, 0.2) is 0 Å². The minimum absolute atomic E-state index is 0.00105. The number of rotatable bonds is 5. The van der Waals surface area contributed by atoms with E-state index in [4.69, 9.17) is 5.11 Å². The quantitative estimate of drug-likeness (QED) is 0.885. The number of hydrogen-bond donors (Lipinski definition) is 2. The van der Waals surface area contributed by atoms with Gasteiger partial charge in [-0.2, -0.15) is 0 Å². The highest BCUT2D eigenvalue weighted by molar-refractivity contribution is 7.91. The van der Waals surface area contributed by atoms with Crippen LogP contribution in [0.15, 0.2) is 39.9 Å². The van der Waals surface area contributed by atoms with Crippen molar-refractivity contribution in [3.8, 4) is 0 Å². The van der Waals surface area contributed by atoms with Crippen LogP contribution in [-0.2, 0) is 10.0 Å². The van der Waals surface area contributed by atoms with Crippen molar-refractivity contribution in [1.82, 2.24) is 4.72 Å². The molecule has 1 atom stereocenters. The van der Waals surface area contributed by atoms with Crippen LogP contribution in [0, 0.1) is 6.92 Å². The second-order valence-corrected chi connectivity index (χ2v) is 7.57. The number of carboxylic acid groups (broad SMARTS) is 1. The van der Waals surface area contributed by atoms with Crippen molar-refractivity contribution in [2.75, 3.05) is 0 Å². The van der Waals surface area contributed by atoms with Crippen LogP contribution in [0.25, 0.3) is 0 Å². The number of sulfonamides is 1. The summed E-state index contributed by atoms with van der Waals surface area (Å²) in [5.41, 5.74) is 1.92. The number of benzene rings is 1. The van der Waals surface area contributed by atoms with Gasteiger partial charge in [0.2, 0.25) is 0 Å². The summed E-state index contributed by atoms with van der Waals surface area (Å²) in [7, 11) is -3.73. The summed E-state index contributed by atoms with van der Waals surface area (Å²) in [6, 6.07) is 8.31. The number of carboxylic acids is 1. The van der Waals surface area contributed by atoms with Gasteiger partial charge < -0.3 is 5.11 Å². The number of carbonyl (C=O) groups is 1. The summed E-state index contributed by atoms with van der Waals surface area (Å²) in [5.74, 6) is -1.14. The summed E-state index contributed by atoms with van der Waals surface area (Å²) in [5, 5.41) is 10.2. The predicted molar refractivity (Wildman–Crippen MR) is 81.2 cm³/mol. The Labute approximate surface area is 127 Å². The summed E-state index contributed by atoms with van der Waals surface area (Å²) >= 11 is 0.893. The number of thiophene rings is 1. The van der Waals surface area contributed by atoms with Crippen LogP contribution in [-0.4, -0.2) is 19.5 Å². The van der Waals surface area contributed by atoms with Crippen molar-refractivity contribution >= 4 is 27.3 Å². The van der Waals surface area contributed by atoms with Crippen LogP contribution in [0.5, 0.6) is 0 Å². The molecule has 0 saturated carbocycles. The Morgan fingerprint density at radius 3 is 2.43 bits per heavy atom. The standard InChI is InChI=1S/C14H15NO4S2/c1-9-3-5-11(6-4-9)10(2)15-21(18,19)13-7-12(8-20-13)14(16)17/h3-8,10,15H,1-2H3,(H,16,17)/t10-/m1/s1. The molecule has 0 spiro atoms. The maximum Gasteiger partial charge on any atom is 0.336 e. The van der Waals surface area contributed by atoms with Gasteiger partial charge in [-0.3, -0.25) is 0 Å². The van der Waals surface area contributed by atoms with E-state index in [9.17, 15) is 13.2 Å². The smallest absolute Gasteiger partial charge is 0.336 e. The molecule has 0 radical (unpaired) electrons. The first-order chi connectivity index (χ1) is 9.79. The van der Waals surface area contributed by atoms with Gasteiger partial charge in [0.1, 0.15) is 4.21 Å². The summed E-state index contributed by atoms with van der Waals surface area (Å²) in [6.45, 7) is 3.70. The molecule has 0 unspecified atom stereocenters. The van der Waals surface area contributed by atoms with Gasteiger partial charge in [-0.15, -0.1) is 11.3 Å². The van der Waals surface area contributed by atoms with Gasteiger partial charge in [0.05, 0.1) is 5.56 Å². The Kier molecular flexibility index (Phi) is 4.46. The molecule has 1 aromatic carbocycles. The fourth-order valence-electron chi connectivity index (χ4n) is 1.78. The number of nitrogens with one attached hydrogen (secondary N) is 1. The third-order valence-electron chi connectivity index (χ3n) is 3.00. The largest absolute Gasteiger partial charge is 0.478 e. The van der Waals surface area contributed by atoms with Crippen LogP contribution in [0.1, 0.15) is 34.5 Å². The van der Waals surface area contributed by atoms with Gasteiger partial charge in [0, 0.05) is 11.4 Å². The summed E-state index contributed by atoms with van der Waals surface area (Å²) in [4.78, 5) is 10.8. The third-order valence-corrected chi connectivity index (χ3v) is 5.98. The molecule has 21 heavy (non-hydrogen) atoms. The topological polar surface area (TPSA) is 83.5 Å². The highest BCUT2D eigenvalue weighted by Crippen LogP contribution is 2.23. The molecule has 2 aromatic rings. The van der Waals surface area contributed by atoms with E-state index in [1.165, 1.54) is 5.38 Å². The molecular formula is C14H15NO4S2. The number of aryl methyl sites for hydroxylation is 1. The molecule has 1 heterocycles. The third kappa shape index (κ3) is 3.69. The van der Waals surface area contributed by atoms with Crippen LogP contribution >= 0.6 is 11.3 Å². The van der Waals surface area contributed by atoms with Crippen molar-refractivity contribution in [3.63, 3.8) is 0 Å². The monoisotopic (exact) mass is 325 g/mol. The van der Waals surface area contributed by atoms with Gasteiger partial charge in [0.25, 0.3) is 10.0 Å². The Hall–Kier alpha value is -1.70. The van der Waals surface area contributed by atoms with Gasteiger partial charge in [-0.1, -0.05) is 29.8 Å². The molecule has 0 aliphatic rings. The normalized spacial score (nSPS) is 13.0. The zero-order valence-corrected chi connectivity index (χ0v) is 13.2. The molecule has 1 aromatic heterocycles. The van der Waals surface area contributed by atoms with E-state index >= 15 is 0 Å². The van der Waals surface area contributed by atoms with Crippen molar-refractivity contribution in [1.29, 1.82) is 0 Å². The average Bonchev–Trinajstić information content (AvgIpc) is 2.89. The maximum atomic E-state index is 12.2. The molecule has 0 amide bonds. The van der Waals surface area contributed by atoms with Crippen LogP contribution in [0.3, 0.4) is 0 Å². The van der Waals surface area contributed by atoms with E-state index in [1.54, 1.807) is 6.92 Å². The lowest BCUT2D eigenvalue weighted by Gasteiger charge is -2.14. The van der Waals surface area contributed by atoms with E-state index in [0.29, 0.717) is 0 Å². The van der Waals surface area contributed by atoms with Crippen molar-refractivity contribution in [2.24, 2.45) is 0 Å². The highest BCUT2D eigenvalue weighted by Gasteiger charge is 2.21. The molecule has 0 aliphatic heterocycles. The molecule has 2 rings (SSSR count). The minimum Gasteiger partial charge on any atom is -0.478 e. The fraction of sp³-hybridized carbons (Fsp3) is 0.214. The van der Waals surface area contributed by atoms with E-state index < -0.39 is 22.0 Å². The van der Waals surface area contributed by atoms with Crippen molar-refractivity contribution in [3.05, 3.63) is 52.4 Å². The summed E-state index contributed by atoms with van der Waals surface area (Å²) < 4.78 is 27.0. The lowest BCUT2D eigenvalue weighted by molar-refractivity contribution is 0.0697. The first-order valence-electron chi connectivity index (χ1n) is 6.20. The van der Waals surface area contributed by atoms with Crippen LogP contribution < -0.4 is 4.72 Å². The molecule has 2 N–H and O–H groups in total. The minimum atomic E-state index is -3.73. The zero-order valence-electron chi connectivity index (χ0n) is 11.5. The average molecular weight is 325 g/mol. The Morgan fingerprint density at radius 1 is 1.29 bits per heavy atom. The number of hydrogen-bond acceptors (Lipinski definition) is 4. The van der Waals surface area contributed by atoms with Crippen LogP contribution in [0.2, 0.25) is 0 Å². The van der Waals surface area contributed by atoms with Crippen LogP contribution in [0.4, 0.5) is 0 Å². The number of aromatic carboxylic acids is 1. The Bertz CT molecular complexity index is 748.